The second kappa shape index (κ2) is 10.9. The molecule has 0 radical (unpaired) electrons. The number of amides is 2. The van der Waals surface area contributed by atoms with Gasteiger partial charge in [-0.1, -0.05) is 48.0 Å². The molecule has 0 unspecified atom stereocenters. The van der Waals surface area contributed by atoms with Crippen LogP contribution in [0.3, 0.4) is 0 Å². The van der Waals surface area contributed by atoms with Crippen LogP contribution < -0.4 is 9.62 Å². The van der Waals surface area contributed by atoms with Crippen molar-refractivity contribution in [3.8, 4) is 0 Å². The number of carbonyl (C=O) groups excluding carboxylic acids is 2. The van der Waals surface area contributed by atoms with Gasteiger partial charge in [0.25, 0.3) is 0 Å². The summed E-state index contributed by atoms with van der Waals surface area (Å²) in [6.07, 6.45) is 1.63. The van der Waals surface area contributed by atoms with Crippen LogP contribution in [0.5, 0.6) is 0 Å². The Kier molecular flexibility index (Phi) is 8.62. The van der Waals surface area contributed by atoms with Crippen LogP contribution in [0.1, 0.15) is 30.9 Å². The maximum absolute atomic E-state index is 13.0. The maximum atomic E-state index is 13.0. The molecule has 0 aliphatic heterocycles. The molecule has 0 saturated carbocycles. The van der Waals surface area contributed by atoms with Gasteiger partial charge in [-0.3, -0.25) is 13.9 Å². The fourth-order valence-corrected chi connectivity index (χ4v) is 4.25. The fourth-order valence-electron chi connectivity index (χ4n) is 3.29. The SMILES string of the molecule is CNC(=O)[C@H](C)N(Cc1ccccc1)C(=O)CCCN(c1ccc(C)cc1)S(C)(=O)=O. The molecule has 2 amide bonds. The fraction of sp³-hybridized carbons (Fsp3) is 0.391. The molecule has 7 nitrogen and oxygen atoms in total. The Morgan fingerprint density at radius 3 is 2.19 bits per heavy atom. The van der Waals surface area contributed by atoms with E-state index in [9.17, 15) is 18.0 Å². The average molecular weight is 446 g/mol. The average Bonchev–Trinajstić information content (AvgIpc) is 2.74. The quantitative estimate of drug-likeness (QED) is 0.609. The number of benzene rings is 2. The van der Waals surface area contributed by atoms with E-state index in [1.54, 1.807) is 19.1 Å². The number of likely N-dealkylation sites (N-methyl/N-ethyl adjacent to an activating group) is 1. The predicted octanol–water partition coefficient (Wildman–Crippen LogP) is 2.70. The van der Waals surface area contributed by atoms with Crippen molar-refractivity contribution in [2.75, 3.05) is 24.2 Å². The van der Waals surface area contributed by atoms with Crippen molar-refractivity contribution in [2.45, 2.75) is 39.3 Å². The summed E-state index contributed by atoms with van der Waals surface area (Å²) in [6.45, 7) is 4.11. The molecule has 168 valence electrons. The zero-order chi connectivity index (χ0) is 23.0. The van der Waals surface area contributed by atoms with Crippen LogP contribution in [0.15, 0.2) is 54.6 Å². The number of anilines is 1. The first kappa shape index (κ1) is 24.4. The van der Waals surface area contributed by atoms with Gasteiger partial charge in [0.2, 0.25) is 21.8 Å². The molecule has 2 aromatic carbocycles. The second-order valence-corrected chi connectivity index (χ2v) is 9.48. The number of nitrogens with zero attached hydrogens (tertiary/aromatic N) is 2. The van der Waals surface area contributed by atoms with E-state index in [4.69, 9.17) is 0 Å². The predicted molar refractivity (Wildman–Crippen MR) is 123 cm³/mol. The van der Waals surface area contributed by atoms with Crippen molar-refractivity contribution in [3.63, 3.8) is 0 Å². The number of carbonyl (C=O) groups is 2. The van der Waals surface area contributed by atoms with Crippen molar-refractivity contribution in [1.82, 2.24) is 10.2 Å². The first-order chi connectivity index (χ1) is 14.6. The van der Waals surface area contributed by atoms with Crippen LogP contribution in [0, 0.1) is 6.92 Å². The Morgan fingerprint density at radius 1 is 1.03 bits per heavy atom. The van der Waals surface area contributed by atoms with Crippen molar-refractivity contribution in [3.05, 3.63) is 65.7 Å². The monoisotopic (exact) mass is 445 g/mol. The highest BCUT2D eigenvalue weighted by Crippen LogP contribution is 2.19. The molecular weight excluding hydrogens is 414 g/mol. The zero-order valence-corrected chi connectivity index (χ0v) is 19.4. The van der Waals surface area contributed by atoms with Gasteiger partial charge in [-0.15, -0.1) is 0 Å². The lowest BCUT2D eigenvalue weighted by atomic mass is 10.1. The summed E-state index contributed by atoms with van der Waals surface area (Å²) in [5, 5.41) is 2.59. The van der Waals surface area contributed by atoms with Crippen LogP contribution >= 0.6 is 0 Å². The van der Waals surface area contributed by atoms with E-state index in [0.29, 0.717) is 18.7 Å². The molecular formula is C23H31N3O4S. The first-order valence-electron chi connectivity index (χ1n) is 10.2. The van der Waals surface area contributed by atoms with Gasteiger partial charge < -0.3 is 10.2 Å². The summed E-state index contributed by atoms with van der Waals surface area (Å²) in [5.41, 5.74) is 2.52. The lowest BCUT2D eigenvalue weighted by Crippen LogP contribution is -2.46. The summed E-state index contributed by atoms with van der Waals surface area (Å²) in [4.78, 5) is 26.7. The van der Waals surface area contributed by atoms with Crippen molar-refractivity contribution < 1.29 is 18.0 Å². The van der Waals surface area contributed by atoms with Crippen molar-refractivity contribution in [2.24, 2.45) is 0 Å². The topological polar surface area (TPSA) is 86.8 Å². The molecule has 2 aromatic rings. The molecule has 2 rings (SSSR count). The van der Waals surface area contributed by atoms with Crippen LogP contribution in [-0.2, 0) is 26.2 Å². The summed E-state index contributed by atoms with van der Waals surface area (Å²) in [5.74, 6) is -0.445. The zero-order valence-electron chi connectivity index (χ0n) is 18.5. The molecule has 0 heterocycles. The number of hydrogen-bond donors (Lipinski definition) is 1. The van der Waals surface area contributed by atoms with Gasteiger partial charge in [0.05, 0.1) is 11.9 Å². The minimum atomic E-state index is -3.49. The molecule has 1 atom stereocenters. The van der Waals surface area contributed by atoms with Gasteiger partial charge in [0.1, 0.15) is 6.04 Å². The lowest BCUT2D eigenvalue weighted by molar-refractivity contribution is -0.140. The number of aryl methyl sites for hydroxylation is 1. The molecule has 0 aromatic heterocycles. The Morgan fingerprint density at radius 2 is 1.65 bits per heavy atom. The number of rotatable bonds is 10. The van der Waals surface area contributed by atoms with E-state index in [1.807, 2.05) is 49.4 Å². The second-order valence-electron chi connectivity index (χ2n) is 7.57. The van der Waals surface area contributed by atoms with Gasteiger partial charge in [-0.25, -0.2) is 8.42 Å². The largest absolute Gasteiger partial charge is 0.357 e. The molecule has 0 aliphatic rings. The molecule has 0 bridgehead atoms. The van der Waals surface area contributed by atoms with Crippen LogP contribution in [-0.4, -0.2) is 51.0 Å². The Balaban J connectivity index is 2.11. The maximum Gasteiger partial charge on any atom is 0.242 e. The third-order valence-corrected chi connectivity index (χ3v) is 6.28. The number of hydrogen-bond acceptors (Lipinski definition) is 4. The minimum absolute atomic E-state index is 0.131. The van der Waals surface area contributed by atoms with E-state index < -0.39 is 16.1 Å². The van der Waals surface area contributed by atoms with Gasteiger partial charge >= 0.3 is 0 Å². The van der Waals surface area contributed by atoms with Gasteiger partial charge in [0.15, 0.2) is 0 Å². The summed E-state index contributed by atoms with van der Waals surface area (Å²) in [7, 11) is -1.95. The van der Waals surface area contributed by atoms with Gasteiger partial charge in [-0.05, 0) is 38.0 Å². The van der Waals surface area contributed by atoms with Gasteiger partial charge in [0, 0.05) is 26.6 Å². The van der Waals surface area contributed by atoms with Crippen molar-refractivity contribution >= 4 is 27.5 Å². The Hall–Kier alpha value is -2.87. The number of sulfonamides is 1. The van der Waals surface area contributed by atoms with Crippen LogP contribution in [0.2, 0.25) is 0 Å². The first-order valence-corrected chi connectivity index (χ1v) is 12.1. The highest BCUT2D eigenvalue weighted by atomic mass is 32.2. The smallest absolute Gasteiger partial charge is 0.242 e. The molecule has 31 heavy (non-hydrogen) atoms. The molecule has 0 spiro atoms. The summed E-state index contributed by atoms with van der Waals surface area (Å²) in [6, 6.07) is 16.0. The Bertz CT molecular complexity index is 976. The lowest BCUT2D eigenvalue weighted by Gasteiger charge is -2.29. The third kappa shape index (κ3) is 7.10. The van der Waals surface area contributed by atoms with E-state index in [0.717, 1.165) is 17.4 Å². The molecule has 0 fully saturated rings. The molecule has 8 heteroatoms. The highest BCUT2D eigenvalue weighted by molar-refractivity contribution is 7.92. The van der Waals surface area contributed by atoms with Crippen LogP contribution in [0.25, 0.3) is 0 Å². The molecule has 1 N–H and O–H groups in total. The minimum Gasteiger partial charge on any atom is -0.357 e. The molecule has 0 aliphatic carbocycles. The summed E-state index contributed by atoms with van der Waals surface area (Å²) >= 11 is 0. The highest BCUT2D eigenvalue weighted by Gasteiger charge is 2.26. The summed E-state index contributed by atoms with van der Waals surface area (Å²) < 4.78 is 25.9. The third-order valence-electron chi connectivity index (χ3n) is 5.08. The Labute approximate surface area is 185 Å². The van der Waals surface area contributed by atoms with E-state index >= 15 is 0 Å². The number of nitrogens with one attached hydrogen (secondary N) is 1. The normalized spacial score (nSPS) is 12.1. The van der Waals surface area contributed by atoms with E-state index in [1.165, 1.54) is 16.3 Å². The van der Waals surface area contributed by atoms with Gasteiger partial charge in [-0.2, -0.15) is 0 Å². The standard InChI is InChI=1S/C23H31N3O4S/c1-18-12-14-21(15-13-18)26(31(4,29)30)16-8-11-22(27)25(19(2)23(28)24-3)17-20-9-6-5-7-10-20/h5-7,9-10,12-15,19H,8,11,16-17H2,1-4H3,(H,24,28)/t19-/m0/s1. The van der Waals surface area contributed by atoms with E-state index in [2.05, 4.69) is 5.32 Å². The molecule has 0 saturated heterocycles. The van der Waals surface area contributed by atoms with E-state index in [-0.39, 0.29) is 24.8 Å². The van der Waals surface area contributed by atoms with Crippen molar-refractivity contribution in [1.29, 1.82) is 0 Å². The van der Waals surface area contributed by atoms with Crippen LogP contribution in [0.4, 0.5) is 5.69 Å².